The van der Waals surface area contributed by atoms with Crippen LogP contribution in [0.4, 0.5) is 5.13 Å². The number of amides is 1. The van der Waals surface area contributed by atoms with E-state index in [9.17, 15) is 4.79 Å². The van der Waals surface area contributed by atoms with E-state index in [0.717, 1.165) is 45.1 Å². The van der Waals surface area contributed by atoms with Crippen LogP contribution in [0.1, 0.15) is 45.1 Å². The van der Waals surface area contributed by atoms with E-state index in [1.165, 1.54) is 42.4 Å². The van der Waals surface area contributed by atoms with Gasteiger partial charge in [0.05, 0.1) is 10.9 Å². The molecule has 35 heavy (non-hydrogen) atoms. The summed E-state index contributed by atoms with van der Waals surface area (Å²) in [6.45, 7) is 1.91. The molecule has 2 heterocycles. The molecule has 0 unspecified atom stereocenters. The monoisotopic (exact) mass is 567 g/mol. The molecule has 180 valence electrons. The predicted octanol–water partition coefficient (Wildman–Crippen LogP) is 7.46. The summed E-state index contributed by atoms with van der Waals surface area (Å²) in [5.41, 5.74) is 2.93. The molecule has 4 aromatic rings. The Kier molecular flexibility index (Phi) is 7.65. The maximum atomic E-state index is 13.0. The quantitative estimate of drug-likeness (QED) is 0.235. The van der Waals surface area contributed by atoms with Gasteiger partial charge in [0.1, 0.15) is 0 Å². The van der Waals surface area contributed by atoms with Gasteiger partial charge in [0.25, 0.3) is 0 Å². The van der Waals surface area contributed by atoms with Crippen molar-refractivity contribution in [2.24, 2.45) is 0 Å². The summed E-state index contributed by atoms with van der Waals surface area (Å²) in [6.07, 6.45) is 5.90. The van der Waals surface area contributed by atoms with Crippen LogP contribution in [0.15, 0.2) is 69.6 Å². The molecule has 5 rings (SSSR count). The number of rotatable bonds is 7. The molecule has 1 aliphatic rings. The smallest absolute Gasteiger partial charge is 0.239 e. The number of halogens is 1. The number of hydrogen-bond donors (Lipinski definition) is 1. The summed E-state index contributed by atoms with van der Waals surface area (Å²) < 4.78 is 3.29. The van der Waals surface area contributed by atoms with E-state index in [0.29, 0.717) is 11.2 Å². The Labute approximate surface area is 221 Å². The van der Waals surface area contributed by atoms with Crippen LogP contribution in [0.5, 0.6) is 0 Å². The lowest BCUT2D eigenvalue weighted by Gasteiger charge is -2.26. The molecular weight excluding hydrogens is 542 g/mol. The number of thioether (sulfide) groups is 1. The second-order valence-electron chi connectivity index (χ2n) is 8.63. The molecule has 1 fully saturated rings. The molecular formula is C26H26BrN5OS2. The number of hydrogen-bond acceptors (Lipinski definition) is 6. The lowest BCUT2D eigenvalue weighted by molar-refractivity contribution is -0.115. The zero-order valence-corrected chi connectivity index (χ0v) is 22.6. The summed E-state index contributed by atoms with van der Waals surface area (Å²) in [5, 5.41) is 15.1. The van der Waals surface area contributed by atoms with E-state index in [1.807, 2.05) is 54.8 Å². The zero-order chi connectivity index (χ0) is 24.2. The lowest BCUT2D eigenvalue weighted by atomic mass is 9.95. The van der Waals surface area contributed by atoms with Crippen molar-refractivity contribution in [1.82, 2.24) is 19.7 Å². The van der Waals surface area contributed by atoms with Gasteiger partial charge in [0.2, 0.25) is 5.91 Å². The predicted molar refractivity (Wildman–Crippen MR) is 147 cm³/mol. The molecule has 0 spiro atoms. The highest BCUT2D eigenvalue weighted by molar-refractivity contribution is 9.10. The molecule has 1 N–H and O–H groups in total. The van der Waals surface area contributed by atoms with Crippen LogP contribution in [0.3, 0.4) is 0 Å². The number of thiazole rings is 1. The van der Waals surface area contributed by atoms with Crippen molar-refractivity contribution in [1.29, 1.82) is 0 Å². The largest absolute Gasteiger partial charge is 0.301 e. The van der Waals surface area contributed by atoms with Gasteiger partial charge >= 0.3 is 0 Å². The first-order valence-electron chi connectivity index (χ1n) is 11.8. The average molecular weight is 569 g/mol. The van der Waals surface area contributed by atoms with Gasteiger partial charge in [-0.3, -0.25) is 9.36 Å². The van der Waals surface area contributed by atoms with E-state index in [1.54, 1.807) is 0 Å². The summed E-state index contributed by atoms with van der Waals surface area (Å²) in [7, 11) is 0. The van der Waals surface area contributed by atoms with Crippen LogP contribution in [-0.4, -0.2) is 30.9 Å². The summed E-state index contributed by atoms with van der Waals surface area (Å²) in [5.74, 6) is 0.777. The van der Waals surface area contributed by atoms with Gasteiger partial charge < -0.3 is 5.32 Å². The first-order chi connectivity index (χ1) is 17.1. The third-order valence-corrected chi connectivity index (χ3v) is 8.51. The Balaban J connectivity index is 1.34. The number of nitrogens with zero attached hydrogens (tertiary/aromatic N) is 4. The fourth-order valence-electron chi connectivity index (χ4n) is 4.31. The number of nitrogens with one attached hydrogen (secondary N) is 1. The van der Waals surface area contributed by atoms with E-state index in [-0.39, 0.29) is 11.2 Å². The molecule has 9 heteroatoms. The third kappa shape index (κ3) is 5.68. The Hall–Kier alpha value is -2.49. The molecule has 2 aromatic heterocycles. The summed E-state index contributed by atoms with van der Waals surface area (Å²) in [4.78, 5) is 17.6. The van der Waals surface area contributed by atoms with Crippen molar-refractivity contribution in [3.63, 3.8) is 0 Å². The summed E-state index contributed by atoms with van der Waals surface area (Å²) >= 11 is 6.41. The highest BCUT2D eigenvalue weighted by atomic mass is 79.9. The highest BCUT2D eigenvalue weighted by Gasteiger charge is 2.27. The van der Waals surface area contributed by atoms with Crippen LogP contribution in [-0.2, 0) is 4.79 Å². The highest BCUT2D eigenvalue weighted by Crippen LogP contribution is 2.37. The first kappa shape index (κ1) is 24.2. The lowest BCUT2D eigenvalue weighted by Crippen LogP contribution is -2.23. The number of carbonyl (C=O) groups excluding carboxylic acids is 1. The normalized spacial score (nSPS) is 15.1. The van der Waals surface area contributed by atoms with Crippen LogP contribution in [0.25, 0.3) is 22.6 Å². The van der Waals surface area contributed by atoms with Crippen molar-refractivity contribution in [3.05, 3.63) is 64.5 Å². The van der Waals surface area contributed by atoms with Gasteiger partial charge in [-0.2, -0.15) is 0 Å². The third-order valence-electron chi connectivity index (χ3n) is 6.16. The van der Waals surface area contributed by atoms with Crippen molar-refractivity contribution in [2.45, 2.75) is 55.5 Å². The molecule has 1 amide bonds. The number of benzene rings is 2. The van der Waals surface area contributed by atoms with E-state index >= 15 is 0 Å². The van der Waals surface area contributed by atoms with Crippen LogP contribution in [0.2, 0.25) is 0 Å². The minimum Gasteiger partial charge on any atom is -0.301 e. The van der Waals surface area contributed by atoms with E-state index in [2.05, 4.69) is 53.1 Å². The van der Waals surface area contributed by atoms with Crippen molar-refractivity contribution < 1.29 is 4.79 Å². The second-order valence-corrected chi connectivity index (χ2v) is 11.7. The minimum absolute atomic E-state index is 0.0904. The van der Waals surface area contributed by atoms with E-state index < -0.39 is 0 Å². The molecule has 6 nitrogen and oxygen atoms in total. The molecule has 0 saturated heterocycles. The van der Waals surface area contributed by atoms with Gasteiger partial charge in [-0.25, -0.2) is 4.98 Å². The number of carbonyl (C=O) groups is 1. The van der Waals surface area contributed by atoms with Gasteiger partial charge in [0, 0.05) is 27.0 Å². The Morgan fingerprint density at radius 2 is 1.80 bits per heavy atom. The molecule has 1 aliphatic carbocycles. The van der Waals surface area contributed by atoms with Gasteiger partial charge in [-0.1, -0.05) is 89.4 Å². The standard InChI is InChI=1S/C26H26BrN5OS2/c1-17(24(33)29-25-28-22(16-34-25)18-8-4-2-5-9-18)35-26-31-30-23(19-12-14-20(27)15-13-19)32(26)21-10-6-3-7-11-21/h2,4-5,8-9,12-17,21H,3,6-7,10-11H2,1H3,(H,28,29,33)/t17-/m1/s1. The molecule has 0 radical (unpaired) electrons. The molecule has 1 saturated carbocycles. The van der Waals surface area contributed by atoms with Crippen molar-refractivity contribution >= 4 is 50.1 Å². The summed E-state index contributed by atoms with van der Waals surface area (Å²) in [6, 6.07) is 18.5. The van der Waals surface area contributed by atoms with Gasteiger partial charge in [0.15, 0.2) is 16.1 Å². The zero-order valence-electron chi connectivity index (χ0n) is 19.4. The van der Waals surface area contributed by atoms with Gasteiger partial charge in [-0.05, 0) is 31.9 Å². The first-order valence-corrected chi connectivity index (χ1v) is 14.3. The average Bonchev–Trinajstić information content (AvgIpc) is 3.53. The van der Waals surface area contributed by atoms with Crippen molar-refractivity contribution in [2.75, 3.05) is 5.32 Å². The maximum absolute atomic E-state index is 13.0. The number of anilines is 1. The molecule has 0 aliphatic heterocycles. The topological polar surface area (TPSA) is 72.7 Å². The fraction of sp³-hybridized carbons (Fsp3) is 0.308. The Bertz CT molecular complexity index is 1280. The maximum Gasteiger partial charge on any atom is 0.239 e. The van der Waals surface area contributed by atoms with E-state index in [4.69, 9.17) is 0 Å². The number of aromatic nitrogens is 4. The Morgan fingerprint density at radius 1 is 1.06 bits per heavy atom. The molecule has 1 atom stereocenters. The second kappa shape index (κ2) is 11.1. The molecule has 2 aromatic carbocycles. The molecule has 0 bridgehead atoms. The SMILES string of the molecule is C[C@@H](Sc1nnc(-c2ccc(Br)cc2)n1C1CCCCC1)C(=O)Nc1nc(-c2ccccc2)cs1. The van der Waals surface area contributed by atoms with Crippen LogP contribution in [0, 0.1) is 0 Å². The Morgan fingerprint density at radius 3 is 2.54 bits per heavy atom. The van der Waals surface area contributed by atoms with Crippen LogP contribution < -0.4 is 5.32 Å². The fourth-order valence-corrected chi connectivity index (χ4v) is 6.22. The van der Waals surface area contributed by atoms with Crippen molar-refractivity contribution in [3.8, 4) is 22.6 Å². The van der Waals surface area contributed by atoms with Gasteiger partial charge in [-0.15, -0.1) is 21.5 Å². The minimum atomic E-state index is -0.344. The van der Waals surface area contributed by atoms with Crippen LogP contribution >= 0.6 is 39.0 Å².